The van der Waals surface area contributed by atoms with Crippen LogP contribution in [0.25, 0.3) is 10.9 Å². The van der Waals surface area contributed by atoms with Crippen LogP contribution in [0.3, 0.4) is 0 Å². The molecule has 138 valence electrons. The lowest BCUT2D eigenvalue weighted by Crippen LogP contribution is -2.04. The van der Waals surface area contributed by atoms with E-state index in [-0.39, 0.29) is 12.2 Å². The van der Waals surface area contributed by atoms with Gasteiger partial charge in [0.15, 0.2) is 5.78 Å². The smallest absolute Gasteiger partial charge is 0.167 e. The van der Waals surface area contributed by atoms with E-state index in [2.05, 4.69) is 9.97 Å². The molecule has 0 aliphatic rings. The van der Waals surface area contributed by atoms with Crippen LogP contribution in [-0.2, 0) is 13.0 Å². The van der Waals surface area contributed by atoms with Crippen LogP contribution in [0.2, 0.25) is 5.15 Å². The number of pyridine rings is 2. The van der Waals surface area contributed by atoms with E-state index in [9.17, 15) is 4.79 Å². The molecule has 5 heteroatoms. The van der Waals surface area contributed by atoms with Crippen molar-refractivity contribution in [3.05, 3.63) is 101 Å². The van der Waals surface area contributed by atoms with Crippen molar-refractivity contribution in [2.75, 3.05) is 0 Å². The number of Topliss-reactive ketones (excluding diaryl/α,β-unsaturated/α-hetero) is 1. The molecule has 0 bridgehead atoms. The fraction of sp³-hybridized carbons (Fsp3) is 0.0870. The second-order valence-electron chi connectivity index (χ2n) is 6.40. The monoisotopic (exact) mass is 388 g/mol. The minimum atomic E-state index is 0.0185. The average molecular weight is 389 g/mol. The Morgan fingerprint density at radius 1 is 0.964 bits per heavy atom. The topological polar surface area (TPSA) is 52.1 Å². The van der Waals surface area contributed by atoms with Crippen molar-refractivity contribution in [2.24, 2.45) is 0 Å². The summed E-state index contributed by atoms with van der Waals surface area (Å²) in [6.07, 6.45) is 1.88. The predicted molar refractivity (Wildman–Crippen MR) is 110 cm³/mol. The summed E-state index contributed by atoms with van der Waals surface area (Å²) in [6.45, 7) is 0.369. The molecule has 0 spiro atoms. The third-order valence-corrected chi connectivity index (χ3v) is 4.58. The first-order chi connectivity index (χ1) is 13.7. The molecular formula is C23H17ClN2O2. The van der Waals surface area contributed by atoms with E-state index in [1.807, 2.05) is 36.4 Å². The number of para-hydroxylation sites is 1. The van der Waals surface area contributed by atoms with E-state index in [1.54, 1.807) is 42.6 Å². The van der Waals surface area contributed by atoms with Crippen LogP contribution in [0, 0.1) is 0 Å². The van der Waals surface area contributed by atoms with Gasteiger partial charge in [-0.3, -0.25) is 4.79 Å². The second kappa shape index (κ2) is 8.19. The van der Waals surface area contributed by atoms with Crippen molar-refractivity contribution in [3.8, 4) is 5.75 Å². The molecule has 0 atom stereocenters. The summed E-state index contributed by atoms with van der Waals surface area (Å²) in [5, 5.41) is 1.49. The highest BCUT2D eigenvalue weighted by Gasteiger charge is 2.08. The number of ketones is 1. The number of carbonyl (C=O) groups excluding carboxylic acids is 1. The van der Waals surface area contributed by atoms with Gasteiger partial charge in [0.25, 0.3) is 0 Å². The van der Waals surface area contributed by atoms with Gasteiger partial charge in [0.1, 0.15) is 17.5 Å². The van der Waals surface area contributed by atoms with Gasteiger partial charge in [-0.15, -0.1) is 0 Å². The predicted octanol–water partition coefficient (Wildman–Crippen LogP) is 5.29. The second-order valence-corrected chi connectivity index (χ2v) is 6.78. The van der Waals surface area contributed by atoms with Crippen LogP contribution in [0.1, 0.15) is 21.6 Å². The molecule has 2 aromatic carbocycles. The van der Waals surface area contributed by atoms with Gasteiger partial charge in [-0.1, -0.05) is 35.9 Å². The minimum Gasteiger partial charge on any atom is -0.487 e. The van der Waals surface area contributed by atoms with Crippen LogP contribution < -0.4 is 4.74 Å². The fourth-order valence-corrected chi connectivity index (χ4v) is 3.12. The number of nitrogens with zero attached hydrogens (tertiary/aromatic N) is 2. The van der Waals surface area contributed by atoms with E-state index in [0.29, 0.717) is 23.1 Å². The summed E-state index contributed by atoms with van der Waals surface area (Å²) in [7, 11) is 0. The Morgan fingerprint density at radius 2 is 1.79 bits per heavy atom. The Morgan fingerprint density at radius 3 is 2.61 bits per heavy atom. The number of hydrogen-bond acceptors (Lipinski definition) is 4. The molecule has 2 heterocycles. The quantitative estimate of drug-likeness (QED) is 0.333. The SMILES string of the molecule is O=C(Cc1ccnc(Cl)c1)c1ccc(OCc2ccc3ccccc3n2)cc1. The standard InChI is InChI=1S/C23H17ClN2O2/c24-23-14-16(11-12-25-23)13-22(27)18-6-9-20(10-7-18)28-15-19-8-5-17-3-1-2-4-21(17)26-19/h1-12,14H,13,15H2. The highest BCUT2D eigenvalue weighted by atomic mass is 35.5. The molecule has 0 unspecified atom stereocenters. The highest BCUT2D eigenvalue weighted by Crippen LogP contribution is 2.17. The van der Waals surface area contributed by atoms with Crippen molar-refractivity contribution < 1.29 is 9.53 Å². The molecule has 0 aliphatic carbocycles. The maximum Gasteiger partial charge on any atom is 0.167 e. The number of benzene rings is 2. The number of carbonyl (C=O) groups is 1. The van der Waals surface area contributed by atoms with Crippen LogP contribution in [0.15, 0.2) is 79.0 Å². The molecule has 0 N–H and O–H groups in total. The summed E-state index contributed by atoms with van der Waals surface area (Å²) in [6, 6.07) is 22.6. The van der Waals surface area contributed by atoms with Crippen LogP contribution >= 0.6 is 11.6 Å². The lowest BCUT2D eigenvalue weighted by atomic mass is 10.0. The zero-order valence-electron chi connectivity index (χ0n) is 15.0. The fourth-order valence-electron chi connectivity index (χ4n) is 2.92. The number of fused-ring (bicyclic) bond motifs is 1. The van der Waals surface area contributed by atoms with Crippen LogP contribution in [0.5, 0.6) is 5.75 Å². The molecule has 0 aliphatic heterocycles. The summed E-state index contributed by atoms with van der Waals surface area (Å²) >= 11 is 5.87. The molecule has 4 aromatic rings. The lowest BCUT2D eigenvalue weighted by Gasteiger charge is -2.08. The van der Waals surface area contributed by atoms with Gasteiger partial charge in [0.05, 0.1) is 11.2 Å². The zero-order valence-corrected chi connectivity index (χ0v) is 15.8. The summed E-state index contributed by atoms with van der Waals surface area (Å²) in [5.41, 5.74) is 3.27. The number of hydrogen-bond donors (Lipinski definition) is 0. The Kier molecular flexibility index (Phi) is 5.31. The van der Waals surface area contributed by atoms with Crippen molar-refractivity contribution >= 4 is 28.3 Å². The molecule has 4 rings (SSSR count). The normalized spacial score (nSPS) is 10.8. The molecule has 28 heavy (non-hydrogen) atoms. The Hall–Kier alpha value is -3.24. The summed E-state index contributed by atoms with van der Waals surface area (Å²) < 4.78 is 5.81. The molecule has 2 aromatic heterocycles. The minimum absolute atomic E-state index is 0.0185. The van der Waals surface area contributed by atoms with Gasteiger partial charge in [-0.2, -0.15) is 0 Å². The highest BCUT2D eigenvalue weighted by molar-refractivity contribution is 6.29. The van der Waals surface area contributed by atoms with Gasteiger partial charge < -0.3 is 4.74 Å². The molecule has 0 fully saturated rings. The van der Waals surface area contributed by atoms with E-state index in [1.165, 1.54) is 0 Å². The van der Waals surface area contributed by atoms with Crippen molar-refractivity contribution in [3.63, 3.8) is 0 Å². The van der Waals surface area contributed by atoms with Crippen molar-refractivity contribution in [2.45, 2.75) is 13.0 Å². The van der Waals surface area contributed by atoms with Crippen molar-refractivity contribution in [1.29, 1.82) is 0 Å². The van der Waals surface area contributed by atoms with Crippen molar-refractivity contribution in [1.82, 2.24) is 9.97 Å². The molecule has 0 saturated heterocycles. The lowest BCUT2D eigenvalue weighted by molar-refractivity contribution is 0.0993. The number of ether oxygens (including phenoxy) is 1. The van der Waals surface area contributed by atoms with Gasteiger partial charge in [0.2, 0.25) is 0 Å². The van der Waals surface area contributed by atoms with E-state index in [4.69, 9.17) is 16.3 Å². The summed E-state index contributed by atoms with van der Waals surface area (Å²) in [5.74, 6) is 0.712. The van der Waals surface area contributed by atoms with E-state index < -0.39 is 0 Å². The van der Waals surface area contributed by atoms with Gasteiger partial charge in [0, 0.05) is 23.6 Å². The Balaban J connectivity index is 1.39. The number of halogens is 1. The van der Waals surface area contributed by atoms with Crippen LogP contribution in [0.4, 0.5) is 0 Å². The molecule has 0 saturated carbocycles. The molecule has 0 radical (unpaired) electrons. The third-order valence-electron chi connectivity index (χ3n) is 4.37. The Labute approximate surface area is 167 Å². The van der Waals surface area contributed by atoms with E-state index >= 15 is 0 Å². The third kappa shape index (κ3) is 4.35. The largest absolute Gasteiger partial charge is 0.487 e. The first-order valence-corrected chi connectivity index (χ1v) is 9.26. The first-order valence-electron chi connectivity index (χ1n) is 8.88. The Bertz CT molecular complexity index is 1130. The van der Waals surface area contributed by atoms with Crippen LogP contribution in [-0.4, -0.2) is 15.8 Å². The average Bonchev–Trinajstić information content (AvgIpc) is 2.72. The maximum absolute atomic E-state index is 12.4. The van der Waals surface area contributed by atoms with Gasteiger partial charge in [-0.05, 0) is 54.1 Å². The van der Waals surface area contributed by atoms with Gasteiger partial charge in [-0.25, -0.2) is 9.97 Å². The molecular weight excluding hydrogens is 372 g/mol. The maximum atomic E-state index is 12.4. The summed E-state index contributed by atoms with van der Waals surface area (Å²) in [4.78, 5) is 20.9. The molecule has 0 amide bonds. The van der Waals surface area contributed by atoms with E-state index in [0.717, 1.165) is 22.2 Å². The molecule has 4 nitrogen and oxygen atoms in total. The number of aromatic nitrogens is 2. The number of rotatable bonds is 6. The van der Waals surface area contributed by atoms with Gasteiger partial charge >= 0.3 is 0 Å². The zero-order chi connectivity index (χ0) is 19.3. The first kappa shape index (κ1) is 18.1.